The van der Waals surface area contributed by atoms with Crippen LogP contribution in [0.2, 0.25) is 0 Å². The van der Waals surface area contributed by atoms with Crippen LogP contribution >= 0.6 is 0 Å². The van der Waals surface area contributed by atoms with E-state index in [1.165, 1.54) is 12.3 Å². The Balaban J connectivity index is 1.69. The molecule has 9 heteroatoms. The molecule has 1 aliphatic rings. The Bertz CT molecular complexity index is 876. The van der Waals surface area contributed by atoms with Crippen LogP contribution in [0.3, 0.4) is 0 Å². The van der Waals surface area contributed by atoms with E-state index in [0.29, 0.717) is 48.9 Å². The number of nitro benzene ring substituents is 1. The number of hydrogen-bond acceptors (Lipinski definition) is 7. The molecule has 0 radical (unpaired) electrons. The Morgan fingerprint density at radius 1 is 1.25 bits per heavy atom. The summed E-state index contributed by atoms with van der Waals surface area (Å²) < 4.78 is 10.3. The molecule has 1 aliphatic heterocycles. The number of hydrogen-bond donors (Lipinski definition) is 1. The van der Waals surface area contributed by atoms with Crippen LogP contribution in [-0.4, -0.2) is 50.5 Å². The van der Waals surface area contributed by atoms with Crippen molar-refractivity contribution in [1.82, 2.24) is 5.43 Å². The number of amides is 1. The minimum Gasteiger partial charge on any atom is -0.497 e. The Morgan fingerprint density at radius 2 is 1.96 bits per heavy atom. The molecular weight excluding hydrogens is 364 g/mol. The van der Waals surface area contributed by atoms with Gasteiger partial charge in [0, 0.05) is 30.3 Å². The monoisotopic (exact) mass is 384 g/mol. The topological polar surface area (TPSA) is 106 Å². The highest BCUT2D eigenvalue weighted by atomic mass is 16.6. The van der Waals surface area contributed by atoms with Gasteiger partial charge in [-0.2, -0.15) is 5.10 Å². The molecule has 1 saturated heterocycles. The largest absolute Gasteiger partial charge is 0.497 e. The van der Waals surface area contributed by atoms with E-state index in [-0.39, 0.29) is 5.69 Å². The Hall–Kier alpha value is -3.46. The second-order valence-electron chi connectivity index (χ2n) is 6.03. The number of nitrogens with zero attached hydrogens (tertiary/aromatic N) is 3. The fraction of sp³-hybridized carbons (Fsp3) is 0.263. The number of anilines is 1. The van der Waals surface area contributed by atoms with Crippen LogP contribution in [0.4, 0.5) is 11.4 Å². The highest BCUT2D eigenvalue weighted by Gasteiger charge is 2.21. The fourth-order valence-electron chi connectivity index (χ4n) is 2.81. The number of morpholine rings is 1. The highest BCUT2D eigenvalue weighted by Crippen LogP contribution is 2.29. The summed E-state index contributed by atoms with van der Waals surface area (Å²) in [4.78, 5) is 25.0. The SMILES string of the molecule is COc1ccc(C(=O)N/N=C\c2ccc(N3CCOCC3)c([N+](=O)[O-])c2)cc1. The van der Waals surface area contributed by atoms with Crippen LogP contribution in [0, 0.1) is 10.1 Å². The molecule has 0 spiro atoms. The zero-order valence-corrected chi connectivity index (χ0v) is 15.3. The summed E-state index contributed by atoms with van der Waals surface area (Å²) in [6.45, 7) is 2.29. The molecular formula is C19H20N4O5. The van der Waals surface area contributed by atoms with Gasteiger partial charge in [0.15, 0.2) is 0 Å². The molecule has 0 atom stereocenters. The van der Waals surface area contributed by atoms with Crippen molar-refractivity contribution in [1.29, 1.82) is 0 Å². The first kappa shape index (κ1) is 19.3. The Labute approximate surface area is 161 Å². The van der Waals surface area contributed by atoms with Gasteiger partial charge >= 0.3 is 0 Å². The number of carbonyl (C=O) groups is 1. The smallest absolute Gasteiger partial charge is 0.293 e. The van der Waals surface area contributed by atoms with Crippen molar-refractivity contribution in [2.24, 2.45) is 5.10 Å². The molecule has 0 unspecified atom stereocenters. The van der Waals surface area contributed by atoms with Gasteiger partial charge in [0.25, 0.3) is 11.6 Å². The summed E-state index contributed by atoms with van der Waals surface area (Å²) >= 11 is 0. The van der Waals surface area contributed by atoms with Crippen LogP contribution in [-0.2, 0) is 4.74 Å². The Morgan fingerprint density at radius 3 is 2.61 bits per heavy atom. The second kappa shape index (κ2) is 8.96. The minimum absolute atomic E-state index is 0.00710. The molecule has 3 rings (SSSR count). The van der Waals surface area contributed by atoms with E-state index < -0.39 is 10.8 Å². The summed E-state index contributed by atoms with van der Waals surface area (Å²) in [5.41, 5.74) is 3.88. The quantitative estimate of drug-likeness (QED) is 0.465. The van der Waals surface area contributed by atoms with Crippen molar-refractivity contribution in [2.45, 2.75) is 0 Å². The van der Waals surface area contributed by atoms with Crippen molar-refractivity contribution in [2.75, 3.05) is 38.3 Å². The number of hydrazone groups is 1. The number of benzene rings is 2. The van der Waals surface area contributed by atoms with Gasteiger partial charge in [0.1, 0.15) is 11.4 Å². The lowest BCUT2D eigenvalue weighted by molar-refractivity contribution is -0.384. The van der Waals surface area contributed by atoms with Crippen LogP contribution in [0.15, 0.2) is 47.6 Å². The third-order valence-electron chi connectivity index (χ3n) is 4.28. The number of carbonyl (C=O) groups excluding carboxylic acids is 1. The number of ether oxygens (including phenoxy) is 2. The van der Waals surface area contributed by atoms with Gasteiger partial charge in [-0.05, 0) is 30.3 Å². The lowest BCUT2D eigenvalue weighted by Gasteiger charge is -2.28. The van der Waals surface area contributed by atoms with E-state index >= 15 is 0 Å². The molecule has 0 bridgehead atoms. The molecule has 1 N–H and O–H groups in total. The molecule has 146 valence electrons. The predicted molar refractivity (Wildman–Crippen MR) is 104 cm³/mol. The summed E-state index contributed by atoms with van der Waals surface area (Å²) in [5.74, 6) is 0.256. The average molecular weight is 384 g/mol. The maximum atomic E-state index is 12.1. The van der Waals surface area contributed by atoms with Gasteiger partial charge < -0.3 is 14.4 Å². The number of rotatable bonds is 6. The second-order valence-corrected chi connectivity index (χ2v) is 6.03. The van der Waals surface area contributed by atoms with Crippen LogP contribution in [0.5, 0.6) is 5.75 Å². The molecule has 28 heavy (non-hydrogen) atoms. The van der Waals surface area contributed by atoms with E-state index in [2.05, 4.69) is 10.5 Å². The standard InChI is InChI=1S/C19H20N4O5/c1-27-16-5-3-15(4-6-16)19(24)21-20-13-14-2-7-17(18(12-14)23(25)26)22-8-10-28-11-9-22/h2-7,12-13H,8-11H2,1H3,(H,21,24)/b20-13-. The highest BCUT2D eigenvalue weighted by molar-refractivity contribution is 5.95. The van der Waals surface area contributed by atoms with E-state index in [1.807, 2.05) is 4.90 Å². The molecule has 1 amide bonds. The molecule has 1 heterocycles. The summed E-state index contributed by atoms with van der Waals surface area (Å²) in [6, 6.07) is 11.4. The van der Waals surface area contributed by atoms with Gasteiger partial charge in [-0.25, -0.2) is 5.43 Å². The molecule has 0 aromatic heterocycles. The van der Waals surface area contributed by atoms with Gasteiger partial charge in [0.2, 0.25) is 0 Å². The first-order valence-corrected chi connectivity index (χ1v) is 8.67. The van der Waals surface area contributed by atoms with E-state index in [4.69, 9.17) is 9.47 Å². The summed E-state index contributed by atoms with van der Waals surface area (Å²) in [6.07, 6.45) is 1.37. The van der Waals surface area contributed by atoms with Crippen LogP contribution in [0.25, 0.3) is 0 Å². The first-order chi connectivity index (χ1) is 13.6. The summed E-state index contributed by atoms with van der Waals surface area (Å²) in [5, 5.41) is 15.4. The normalized spacial score (nSPS) is 14.1. The molecule has 9 nitrogen and oxygen atoms in total. The van der Waals surface area contributed by atoms with Gasteiger partial charge in [0.05, 0.1) is 31.5 Å². The van der Waals surface area contributed by atoms with Crippen LogP contribution < -0.4 is 15.1 Å². The fourth-order valence-corrected chi connectivity index (χ4v) is 2.81. The maximum Gasteiger partial charge on any atom is 0.293 e. The predicted octanol–water partition coefficient (Wildman–Crippen LogP) is 2.20. The van der Waals surface area contributed by atoms with E-state index in [1.54, 1.807) is 43.5 Å². The Kier molecular flexibility index (Phi) is 6.18. The zero-order valence-electron chi connectivity index (χ0n) is 15.3. The first-order valence-electron chi connectivity index (χ1n) is 8.67. The van der Waals surface area contributed by atoms with Gasteiger partial charge in [-0.15, -0.1) is 0 Å². The lowest BCUT2D eigenvalue weighted by atomic mass is 10.1. The third kappa shape index (κ3) is 4.63. The van der Waals surface area contributed by atoms with Crippen molar-refractivity contribution in [3.63, 3.8) is 0 Å². The van der Waals surface area contributed by atoms with Crippen molar-refractivity contribution in [3.8, 4) is 5.75 Å². The zero-order chi connectivity index (χ0) is 19.9. The summed E-state index contributed by atoms with van der Waals surface area (Å²) in [7, 11) is 1.54. The van der Waals surface area contributed by atoms with E-state index in [0.717, 1.165) is 0 Å². The van der Waals surface area contributed by atoms with Crippen molar-refractivity contribution in [3.05, 3.63) is 63.7 Å². The number of nitrogens with one attached hydrogen (secondary N) is 1. The number of nitro groups is 1. The van der Waals surface area contributed by atoms with Gasteiger partial charge in [-0.1, -0.05) is 6.07 Å². The van der Waals surface area contributed by atoms with E-state index in [9.17, 15) is 14.9 Å². The molecule has 1 fully saturated rings. The van der Waals surface area contributed by atoms with Gasteiger partial charge in [-0.3, -0.25) is 14.9 Å². The molecule has 0 saturated carbocycles. The minimum atomic E-state index is -0.419. The van der Waals surface area contributed by atoms with Crippen molar-refractivity contribution < 1.29 is 19.2 Å². The van der Waals surface area contributed by atoms with Crippen molar-refractivity contribution >= 4 is 23.5 Å². The molecule has 2 aromatic rings. The lowest BCUT2D eigenvalue weighted by Crippen LogP contribution is -2.36. The van der Waals surface area contributed by atoms with Crippen LogP contribution in [0.1, 0.15) is 15.9 Å². The average Bonchev–Trinajstić information content (AvgIpc) is 2.74. The molecule has 2 aromatic carbocycles. The number of methoxy groups -OCH3 is 1. The molecule has 0 aliphatic carbocycles. The maximum absolute atomic E-state index is 12.1. The third-order valence-corrected chi connectivity index (χ3v) is 4.28.